The SMILES string of the molecule is CC(=O)N(C)c1oc(-c2ccccc2)nc1C#N. The Balaban J connectivity index is 2.49. The fraction of sp³-hybridized carbons (Fsp3) is 0.154. The molecule has 1 amide bonds. The Morgan fingerprint density at radius 3 is 2.61 bits per heavy atom. The molecule has 5 nitrogen and oxygen atoms in total. The lowest BCUT2D eigenvalue weighted by molar-refractivity contribution is -0.116. The van der Waals surface area contributed by atoms with Crippen LogP contribution in [0.2, 0.25) is 0 Å². The van der Waals surface area contributed by atoms with Crippen molar-refractivity contribution in [1.82, 2.24) is 4.98 Å². The molecule has 2 rings (SSSR count). The van der Waals surface area contributed by atoms with Crippen LogP contribution < -0.4 is 4.90 Å². The Morgan fingerprint density at radius 2 is 2.06 bits per heavy atom. The Labute approximate surface area is 104 Å². The molecule has 1 heterocycles. The highest BCUT2D eigenvalue weighted by Gasteiger charge is 2.19. The zero-order valence-electron chi connectivity index (χ0n) is 10.0. The van der Waals surface area contributed by atoms with E-state index in [4.69, 9.17) is 9.68 Å². The van der Waals surface area contributed by atoms with Crippen LogP contribution in [-0.4, -0.2) is 17.9 Å². The van der Waals surface area contributed by atoms with Gasteiger partial charge in [0.1, 0.15) is 6.07 Å². The van der Waals surface area contributed by atoms with E-state index in [0.717, 1.165) is 5.56 Å². The van der Waals surface area contributed by atoms with Crippen LogP contribution in [-0.2, 0) is 4.79 Å². The number of hydrogen-bond acceptors (Lipinski definition) is 4. The molecule has 0 unspecified atom stereocenters. The maximum absolute atomic E-state index is 11.3. The molecule has 2 aromatic rings. The van der Waals surface area contributed by atoms with Gasteiger partial charge in [-0.05, 0) is 12.1 Å². The molecule has 0 aliphatic rings. The maximum Gasteiger partial charge on any atom is 0.241 e. The number of aromatic nitrogens is 1. The number of hydrogen-bond donors (Lipinski definition) is 0. The molecular formula is C13H11N3O2. The van der Waals surface area contributed by atoms with Crippen LogP contribution in [0.4, 0.5) is 5.88 Å². The molecule has 0 aliphatic carbocycles. The Kier molecular flexibility index (Phi) is 3.11. The van der Waals surface area contributed by atoms with E-state index in [0.29, 0.717) is 5.89 Å². The summed E-state index contributed by atoms with van der Waals surface area (Å²) < 4.78 is 5.49. The van der Waals surface area contributed by atoms with Crippen molar-refractivity contribution >= 4 is 11.8 Å². The van der Waals surface area contributed by atoms with E-state index >= 15 is 0 Å². The lowest BCUT2D eigenvalue weighted by atomic mass is 10.2. The van der Waals surface area contributed by atoms with Gasteiger partial charge < -0.3 is 4.42 Å². The van der Waals surface area contributed by atoms with Gasteiger partial charge in [-0.1, -0.05) is 18.2 Å². The summed E-state index contributed by atoms with van der Waals surface area (Å²) in [6, 6.07) is 11.1. The predicted molar refractivity (Wildman–Crippen MR) is 65.7 cm³/mol. The summed E-state index contributed by atoms with van der Waals surface area (Å²) in [5.74, 6) is 0.279. The summed E-state index contributed by atoms with van der Waals surface area (Å²) in [6.07, 6.45) is 0. The van der Waals surface area contributed by atoms with Crippen LogP contribution in [0.1, 0.15) is 12.6 Å². The van der Waals surface area contributed by atoms with Gasteiger partial charge in [-0.15, -0.1) is 0 Å². The molecule has 5 heteroatoms. The quantitative estimate of drug-likeness (QED) is 0.808. The third-order valence-corrected chi connectivity index (χ3v) is 2.51. The molecule has 1 aromatic carbocycles. The molecule has 0 fully saturated rings. The van der Waals surface area contributed by atoms with E-state index in [1.807, 2.05) is 36.4 Å². The minimum atomic E-state index is -0.220. The molecule has 0 bridgehead atoms. The number of amides is 1. The van der Waals surface area contributed by atoms with E-state index < -0.39 is 0 Å². The fourth-order valence-corrected chi connectivity index (χ4v) is 1.46. The lowest BCUT2D eigenvalue weighted by Crippen LogP contribution is -2.23. The first-order valence-electron chi connectivity index (χ1n) is 5.34. The Hall–Kier alpha value is -2.61. The van der Waals surface area contributed by atoms with E-state index in [9.17, 15) is 4.79 Å². The number of carbonyl (C=O) groups is 1. The van der Waals surface area contributed by atoms with Gasteiger partial charge >= 0.3 is 0 Å². The third-order valence-electron chi connectivity index (χ3n) is 2.51. The second-order valence-electron chi connectivity index (χ2n) is 3.73. The highest BCUT2D eigenvalue weighted by molar-refractivity contribution is 5.90. The van der Waals surface area contributed by atoms with Gasteiger partial charge in [0.15, 0.2) is 0 Å². The van der Waals surface area contributed by atoms with Crippen LogP contribution in [0, 0.1) is 11.3 Å². The number of benzene rings is 1. The second-order valence-corrected chi connectivity index (χ2v) is 3.73. The molecule has 0 N–H and O–H groups in total. The summed E-state index contributed by atoms with van der Waals surface area (Å²) in [5, 5.41) is 9.00. The van der Waals surface area contributed by atoms with Gasteiger partial charge in [-0.3, -0.25) is 9.69 Å². The minimum absolute atomic E-state index is 0.103. The summed E-state index contributed by atoms with van der Waals surface area (Å²) in [5.41, 5.74) is 0.865. The molecule has 0 spiro atoms. The van der Waals surface area contributed by atoms with E-state index in [1.54, 1.807) is 7.05 Å². The highest BCUT2D eigenvalue weighted by atomic mass is 16.4. The fourth-order valence-electron chi connectivity index (χ4n) is 1.46. The zero-order valence-corrected chi connectivity index (χ0v) is 10.0. The number of oxazole rings is 1. The molecule has 0 atom stereocenters. The normalized spacial score (nSPS) is 9.83. The summed E-state index contributed by atoms with van der Waals surface area (Å²) >= 11 is 0. The molecular weight excluding hydrogens is 230 g/mol. The van der Waals surface area contributed by atoms with Crippen LogP contribution in [0.5, 0.6) is 0 Å². The number of anilines is 1. The van der Waals surface area contributed by atoms with Crippen molar-refractivity contribution in [3.63, 3.8) is 0 Å². The van der Waals surface area contributed by atoms with Gasteiger partial charge in [0, 0.05) is 19.5 Å². The zero-order chi connectivity index (χ0) is 13.1. The third kappa shape index (κ3) is 2.09. The summed E-state index contributed by atoms with van der Waals surface area (Å²) in [6.45, 7) is 1.39. The summed E-state index contributed by atoms with van der Waals surface area (Å²) in [7, 11) is 1.54. The standard InChI is InChI=1S/C13H11N3O2/c1-9(17)16(2)13-11(8-14)15-12(18-13)10-6-4-3-5-7-10/h3-7H,1-2H3. The first-order valence-corrected chi connectivity index (χ1v) is 5.34. The smallest absolute Gasteiger partial charge is 0.241 e. The van der Waals surface area contributed by atoms with Crippen LogP contribution >= 0.6 is 0 Å². The molecule has 0 saturated carbocycles. The molecule has 1 aromatic heterocycles. The van der Waals surface area contributed by atoms with Crippen molar-refractivity contribution in [2.24, 2.45) is 0 Å². The van der Waals surface area contributed by atoms with E-state index in [1.165, 1.54) is 11.8 Å². The Morgan fingerprint density at radius 1 is 1.39 bits per heavy atom. The van der Waals surface area contributed by atoms with Crippen LogP contribution in [0.15, 0.2) is 34.7 Å². The maximum atomic E-state index is 11.3. The molecule has 0 radical (unpaired) electrons. The number of carbonyl (C=O) groups excluding carboxylic acids is 1. The van der Waals surface area contributed by atoms with Crippen molar-refractivity contribution in [2.75, 3.05) is 11.9 Å². The first kappa shape index (κ1) is 11.9. The first-order chi connectivity index (χ1) is 8.63. The van der Waals surface area contributed by atoms with Gasteiger partial charge in [0.2, 0.25) is 23.4 Å². The van der Waals surface area contributed by atoms with Crippen LogP contribution in [0.3, 0.4) is 0 Å². The number of rotatable bonds is 2. The van der Waals surface area contributed by atoms with Gasteiger partial charge in [-0.25, -0.2) is 0 Å². The second kappa shape index (κ2) is 4.72. The van der Waals surface area contributed by atoms with Gasteiger partial charge in [0.25, 0.3) is 0 Å². The molecule has 0 saturated heterocycles. The molecule has 18 heavy (non-hydrogen) atoms. The average molecular weight is 241 g/mol. The lowest BCUT2D eigenvalue weighted by Gasteiger charge is -2.09. The molecule has 90 valence electrons. The average Bonchev–Trinajstić information content (AvgIpc) is 2.82. The van der Waals surface area contributed by atoms with Crippen molar-refractivity contribution in [3.8, 4) is 17.5 Å². The monoisotopic (exact) mass is 241 g/mol. The van der Waals surface area contributed by atoms with E-state index in [-0.39, 0.29) is 17.5 Å². The van der Waals surface area contributed by atoms with Crippen molar-refractivity contribution in [2.45, 2.75) is 6.92 Å². The minimum Gasteiger partial charge on any atom is -0.419 e. The van der Waals surface area contributed by atoms with Gasteiger partial charge in [0.05, 0.1) is 0 Å². The van der Waals surface area contributed by atoms with Crippen molar-refractivity contribution in [3.05, 3.63) is 36.0 Å². The highest BCUT2D eigenvalue weighted by Crippen LogP contribution is 2.27. The van der Waals surface area contributed by atoms with Gasteiger partial charge in [-0.2, -0.15) is 10.2 Å². The predicted octanol–water partition coefficient (Wildman–Crippen LogP) is 2.20. The van der Waals surface area contributed by atoms with Crippen molar-refractivity contribution in [1.29, 1.82) is 5.26 Å². The number of nitrogens with zero attached hydrogens (tertiary/aromatic N) is 3. The van der Waals surface area contributed by atoms with Crippen LogP contribution in [0.25, 0.3) is 11.5 Å². The largest absolute Gasteiger partial charge is 0.419 e. The topological polar surface area (TPSA) is 70.1 Å². The van der Waals surface area contributed by atoms with Crippen molar-refractivity contribution < 1.29 is 9.21 Å². The molecule has 0 aliphatic heterocycles. The number of nitriles is 1. The Bertz CT molecular complexity index is 611. The van der Waals surface area contributed by atoms with E-state index in [2.05, 4.69) is 4.98 Å². The summed E-state index contributed by atoms with van der Waals surface area (Å²) in [4.78, 5) is 16.6.